The summed E-state index contributed by atoms with van der Waals surface area (Å²) in [6.07, 6.45) is -0.458. The lowest BCUT2D eigenvalue weighted by Crippen LogP contribution is -2.34. The molecular weight excluding hydrogens is 642 g/mol. The van der Waals surface area contributed by atoms with Crippen LogP contribution in [0.1, 0.15) is 20.8 Å². The number of ether oxygens (including phenoxy) is 13. The number of nitrogens with one attached hydrogen (secondary N) is 1. The monoisotopic (exact) mass is 703 g/mol. The van der Waals surface area contributed by atoms with Gasteiger partial charge in [-0.1, -0.05) is 0 Å². The molecule has 0 unspecified atom stereocenters. The van der Waals surface area contributed by atoms with Crippen molar-refractivity contribution in [1.29, 1.82) is 0 Å². The summed E-state index contributed by atoms with van der Waals surface area (Å²) in [5.74, 6) is -1.000. The van der Waals surface area contributed by atoms with Gasteiger partial charge in [0.1, 0.15) is 12.2 Å². The highest BCUT2D eigenvalue weighted by molar-refractivity contribution is 5.68. The summed E-state index contributed by atoms with van der Waals surface area (Å²) in [5.41, 5.74) is -0.516. The lowest BCUT2D eigenvalue weighted by Gasteiger charge is -2.19. The topological polar surface area (TPSA) is 186 Å². The molecule has 0 spiro atoms. The van der Waals surface area contributed by atoms with Crippen molar-refractivity contribution in [1.82, 2.24) is 5.32 Å². The van der Waals surface area contributed by atoms with E-state index in [0.29, 0.717) is 152 Å². The Hall–Kier alpha value is -1.74. The molecule has 17 heteroatoms. The van der Waals surface area contributed by atoms with E-state index in [1.807, 2.05) is 20.8 Å². The fraction of sp³-hybridized carbons (Fsp3) is 0.935. The van der Waals surface area contributed by atoms with Gasteiger partial charge in [-0.15, -0.1) is 0 Å². The molecule has 0 aromatic rings. The lowest BCUT2D eigenvalue weighted by atomic mass is 10.2. The zero-order chi connectivity index (χ0) is 35.2. The first-order valence-electron chi connectivity index (χ1n) is 16.4. The van der Waals surface area contributed by atoms with E-state index in [-0.39, 0.29) is 13.2 Å². The molecule has 0 bridgehead atoms. The number of carbonyl (C=O) groups is 2. The molecule has 0 saturated heterocycles. The molecule has 0 fully saturated rings. The summed E-state index contributed by atoms with van der Waals surface area (Å²) in [6.45, 7) is 15.7. The zero-order valence-electron chi connectivity index (χ0n) is 29.2. The number of carbonyl (C=O) groups excluding carboxylic acids is 1. The number of carboxylic acids is 1. The highest BCUT2D eigenvalue weighted by atomic mass is 16.6. The smallest absolute Gasteiger partial charge is 0.407 e. The van der Waals surface area contributed by atoms with E-state index < -0.39 is 17.7 Å². The number of rotatable bonds is 38. The van der Waals surface area contributed by atoms with Crippen molar-refractivity contribution < 1.29 is 76.3 Å². The van der Waals surface area contributed by atoms with Gasteiger partial charge in [0.05, 0.1) is 152 Å². The number of amides is 1. The number of hydrogen-bond acceptors (Lipinski definition) is 15. The van der Waals surface area contributed by atoms with Gasteiger partial charge >= 0.3 is 12.1 Å². The van der Waals surface area contributed by atoms with E-state index in [4.69, 9.17) is 66.7 Å². The first-order chi connectivity index (χ1) is 23.3. The van der Waals surface area contributed by atoms with Crippen molar-refractivity contribution >= 4 is 12.1 Å². The molecule has 0 atom stereocenters. The third-order valence-corrected chi connectivity index (χ3v) is 5.23. The van der Waals surface area contributed by atoms with Crippen molar-refractivity contribution in [2.75, 3.05) is 165 Å². The maximum atomic E-state index is 11.5. The molecule has 0 aliphatic carbocycles. The van der Waals surface area contributed by atoms with E-state index in [1.165, 1.54) is 0 Å². The number of alkyl carbamates (subject to hydrolysis) is 1. The minimum absolute atomic E-state index is 0.236. The second-order valence-electron chi connectivity index (χ2n) is 10.6. The number of aliphatic carboxylic acids is 1. The van der Waals surface area contributed by atoms with Gasteiger partial charge in [-0.25, -0.2) is 9.59 Å². The quantitative estimate of drug-likeness (QED) is 0.0859. The fourth-order valence-corrected chi connectivity index (χ4v) is 3.12. The molecule has 0 aromatic carbocycles. The van der Waals surface area contributed by atoms with Crippen LogP contribution in [0, 0.1) is 0 Å². The largest absolute Gasteiger partial charge is 0.480 e. The lowest BCUT2D eigenvalue weighted by molar-refractivity contribution is -0.142. The second kappa shape index (κ2) is 36.5. The summed E-state index contributed by atoms with van der Waals surface area (Å²) in [6, 6.07) is 0. The zero-order valence-corrected chi connectivity index (χ0v) is 29.2. The van der Waals surface area contributed by atoms with Crippen molar-refractivity contribution in [3.05, 3.63) is 0 Å². The Kier molecular flexibility index (Phi) is 35.2. The van der Waals surface area contributed by atoms with Gasteiger partial charge in [-0.05, 0) is 20.8 Å². The van der Waals surface area contributed by atoms with Crippen LogP contribution in [-0.4, -0.2) is 188 Å². The summed E-state index contributed by atoms with van der Waals surface area (Å²) >= 11 is 0. The van der Waals surface area contributed by atoms with Crippen molar-refractivity contribution in [2.24, 2.45) is 0 Å². The minimum atomic E-state index is -1.000. The maximum absolute atomic E-state index is 11.5. The van der Waals surface area contributed by atoms with Crippen LogP contribution in [0.25, 0.3) is 0 Å². The van der Waals surface area contributed by atoms with Gasteiger partial charge in [0.15, 0.2) is 0 Å². The Morgan fingerprint density at radius 2 is 0.646 bits per heavy atom. The average Bonchev–Trinajstić information content (AvgIpc) is 3.03. The molecule has 286 valence electrons. The van der Waals surface area contributed by atoms with Gasteiger partial charge in [0.2, 0.25) is 0 Å². The Balaban J connectivity index is 3.10. The van der Waals surface area contributed by atoms with Gasteiger partial charge in [0.25, 0.3) is 0 Å². The van der Waals surface area contributed by atoms with Crippen LogP contribution in [0.2, 0.25) is 0 Å². The first kappa shape index (κ1) is 46.3. The Morgan fingerprint density at radius 3 is 0.875 bits per heavy atom. The van der Waals surface area contributed by atoms with Crippen LogP contribution in [0.4, 0.5) is 4.79 Å². The van der Waals surface area contributed by atoms with Crippen molar-refractivity contribution in [2.45, 2.75) is 26.4 Å². The average molecular weight is 704 g/mol. The molecule has 0 radical (unpaired) electrons. The highest BCUT2D eigenvalue weighted by Gasteiger charge is 2.15. The molecule has 2 N–H and O–H groups in total. The molecule has 17 nitrogen and oxygen atoms in total. The van der Waals surface area contributed by atoms with E-state index in [1.54, 1.807) is 0 Å². The normalized spacial score (nSPS) is 11.6. The Morgan fingerprint density at radius 1 is 0.417 bits per heavy atom. The van der Waals surface area contributed by atoms with E-state index in [2.05, 4.69) is 5.32 Å². The third-order valence-electron chi connectivity index (χ3n) is 5.23. The SMILES string of the molecule is CC(C)(C)OC(=O)NCCOCCOCCOCCOCCOCCOCCOCCOCCOCCOCCOCCOCC(=O)O. The summed E-state index contributed by atoms with van der Waals surface area (Å²) in [7, 11) is 0. The standard InChI is InChI=1S/C31H61NO16/c1-31(2,3)48-30(35)32-4-5-36-6-7-37-8-9-38-10-11-39-12-13-40-14-15-41-16-17-42-18-19-43-20-21-44-22-23-45-24-25-46-26-27-47-28-29(33)34/h4-28H2,1-3H3,(H,32,35)(H,33,34). The van der Waals surface area contributed by atoms with Crippen LogP contribution in [0.3, 0.4) is 0 Å². The molecule has 0 aliphatic rings. The van der Waals surface area contributed by atoms with E-state index >= 15 is 0 Å². The third kappa shape index (κ3) is 42.3. The van der Waals surface area contributed by atoms with Crippen LogP contribution in [-0.2, 0) is 66.4 Å². The van der Waals surface area contributed by atoms with Crippen molar-refractivity contribution in [3.8, 4) is 0 Å². The maximum Gasteiger partial charge on any atom is 0.407 e. The molecule has 0 saturated carbocycles. The van der Waals surface area contributed by atoms with Gasteiger partial charge in [-0.2, -0.15) is 0 Å². The Labute approximate surface area is 285 Å². The van der Waals surface area contributed by atoms with E-state index in [0.717, 1.165) is 0 Å². The van der Waals surface area contributed by atoms with Crippen molar-refractivity contribution in [3.63, 3.8) is 0 Å². The predicted octanol–water partition coefficient (Wildman–Crippen LogP) is 0.795. The van der Waals surface area contributed by atoms with E-state index in [9.17, 15) is 9.59 Å². The summed E-state index contributed by atoms with van der Waals surface area (Å²) in [4.78, 5) is 21.8. The number of carboxylic acid groups (broad SMARTS) is 1. The molecule has 0 aromatic heterocycles. The molecular formula is C31H61NO16. The first-order valence-corrected chi connectivity index (χ1v) is 16.4. The predicted molar refractivity (Wildman–Crippen MR) is 172 cm³/mol. The Bertz CT molecular complexity index is 698. The summed E-state index contributed by atoms with van der Waals surface area (Å²) < 4.78 is 69.5. The molecule has 48 heavy (non-hydrogen) atoms. The summed E-state index contributed by atoms with van der Waals surface area (Å²) in [5, 5.41) is 11.0. The van der Waals surface area contributed by atoms with Crippen LogP contribution < -0.4 is 5.32 Å². The molecule has 0 heterocycles. The van der Waals surface area contributed by atoms with Gasteiger partial charge in [0, 0.05) is 6.54 Å². The second-order valence-corrected chi connectivity index (χ2v) is 10.6. The highest BCUT2D eigenvalue weighted by Crippen LogP contribution is 2.06. The number of hydrogen-bond donors (Lipinski definition) is 2. The van der Waals surface area contributed by atoms with Crippen LogP contribution in [0.5, 0.6) is 0 Å². The van der Waals surface area contributed by atoms with Gasteiger partial charge in [-0.3, -0.25) is 0 Å². The molecule has 1 amide bonds. The molecule has 0 rings (SSSR count). The fourth-order valence-electron chi connectivity index (χ4n) is 3.12. The minimum Gasteiger partial charge on any atom is -0.480 e. The molecule has 0 aliphatic heterocycles. The van der Waals surface area contributed by atoms with Crippen LogP contribution in [0.15, 0.2) is 0 Å². The van der Waals surface area contributed by atoms with Gasteiger partial charge < -0.3 is 72.0 Å². The van der Waals surface area contributed by atoms with Crippen LogP contribution >= 0.6 is 0 Å².